The molecule has 2 aromatic rings. The standard InChI is InChI=1S/C13H13ClIN3O2S/c1-2-16-12-4-3-7-17-13(12)21(19,20)18-11-6-5-9(15)8-10(11)14/h3-8,16,18H,2H2,1H3. The lowest BCUT2D eigenvalue weighted by Crippen LogP contribution is -2.17. The highest BCUT2D eigenvalue weighted by Crippen LogP contribution is 2.27. The molecule has 0 saturated heterocycles. The molecule has 0 aliphatic carbocycles. The highest BCUT2D eigenvalue weighted by molar-refractivity contribution is 14.1. The van der Waals surface area contributed by atoms with Gasteiger partial charge in [-0.2, -0.15) is 8.42 Å². The topological polar surface area (TPSA) is 71.1 Å². The predicted molar refractivity (Wildman–Crippen MR) is 93.4 cm³/mol. The Morgan fingerprint density at radius 2 is 2.05 bits per heavy atom. The Morgan fingerprint density at radius 3 is 2.71 bits per heavy atom. The largest absolute Gasteiger partial charge is 0.383 e. The molecule has 0 unspecified atom stereocenters. The smallest absolute Gasteiger partial charge is 0.281 e. The summed E-state index contributed by atoms with van der Waals surface area (Å²) < 4.78 is 28.3. The summed E-state index contributed by atoms with van der Waals surface area (Å²) in [6.45, 7) is 2.48. The van der Waals surface area contributed by atoms with Crippen LogP contribution in [0.15, 0.2) is 41.6 Å². The molecule has 2 N–H and O–H groups in total. The minimum atomic E-state index is -3.81. The fourth-order valence-electron chi connectivity index (χ4n) is 1.70. The fourth-order valence-corrected chi connectivity index (χ4v) is 3.85. The van der Waals surface area contributed by atoms with Gasteiger partial charge in [-0.25, -0.2) is 4.98 Å². The Morgan fingerprint density at radius 1 is 1.29 bits per heavy atom. The fraction of sp³-hybridized carbons (Fsp3) is 0.154. The molecule has 0 aliphatic rings. The second kappa shape index (κ2) is 6.80. The third-order valence-electron chi connectivity index (χ3n) is 2.57. The lowest BCUT2D eigenvalue weighted by molar-refractivity contribution is 0.598. The maximum absolute atomic E-state index is 12.5. The van der Waals surface area contributed by atoms with Crippen molar-refractivity contribution < 1.29 is 8.42 Å². The molecular weight excluding hydrogens is 425 g/mol. The number of rotatable bonds is 5. The molecule has 0 atom stereocenters. The highest BCUT2D eigenvalue weighted by atomic mass is 127. The van der Waals surface area contributed by atoms with Crippen LogP contribution in [0.2, 0.25) is 5.02 Å². The molecule has 0 bridgehead atoms. The minimum absolute atomic E-state index is 0.0542. The number of halogens is 2. The van der Waals surface area contributed by atoms with Crippen molar-refractivity contribution in [3.05, 3.63) is 45.1 Å². The molecule has 0 fully saturated rings. The number of pyridine rings is 1. The van der Waals surface area contributed by atoms with Gasteiger partial charge in [0.2, 0.25) is 0 Å². The third-order valence-corrected chi connectivity index (χ3v) is 4.88. The van der Waals surface area contributed by atoms with Crippen molar-refractivity contribution in [3.8, 4) is 0 Å². The van der Waals surface area contributed by atoms with E-state index < -0.39 is 10.0 Å². The van der Waals surface area contributed by atoms with E-state index in [4.69, 9.17) is 11.6 Å². The van der Waals surface area contributed by atoms with Crippen molar-refractivity contribution in [2.75, 3.05) is 16.6 Å². The summed E-state index contributed by atoms with van der Waals surface area (Å²) in [7, 11) is -3.81. The van der Waals surface area contributed by atoms with Crippen molar-refractivity contribution in [1.82, 2.24) is 4.98 Å². The molecule has 1 heterocycles. The number of nitrogens with one attached hydrogen (secondary N) is 2. The first-order valence-corrected chi connectivity index (χ1v) is 9.05. The first kappa shape index (κ1) is 16.3. The van der Waals surface area contributed by atoms with Crippen molar-refractivity contribution in [1.29, 1.82) is 0 Å². The zero-order valence-corrected chi connectivity index (χ0v) is 14.8. The van der Waals surface area contributed by atoms with Crippen molar-refractivity contribution >= 4 is 55.6 Å². The van der Waals surface area contributed by atoms with Crippen LogP contribution in [0.25, 0.3) is 0 Å². The number of anilines is 2. The molecule has 112 valence electrons. The van der Waals surface area contributed by atoms with Crippen LogP contribution >= 0.6 is 34.2 Å². The van der Waals surface area contributed by atoms with E-state index in [0.29, 0.717) is 22.9 Å². The number of aromatic nitrogens is 1. The Kier molecular flexibility index (Phi) is 5.28. The molecule has 1 aromatic heterocycles. The van der Waals surface area contributed by atoms with Crippen molar-refractivity contribution in [2.45, 2.75) is 11.9 Å². The van der Waals surface area contributed by atoms with E-state index in [1.807, 2.05) is 6.92 Å². The molecule has 0 radical (unpaired) electrons. The second-order valence-electron chi connectivity index (χ2n) is 4.12. The molecule has 5 nitrogen and oxygen atoms in total. The Labute approximate surface area is 142 Å². The normalized spacial score (nSPS) is 11.2. The summed E-state index contributed by atoms with van der Waals surface area (Å²) in [4.78, 5) is 3.95. The zero-order valence-electron chi connectivity index (χ0n) is 11.1. The molecule has 21 heavy (non-hydrogen) atoms. The monoisotopic (exact) mass is 437 g/mol. The number of hydrogen-bond donors (Lipinski definition) is 2. The number of sulfonamides is 1. The zero-order chi connectivity index (χ0) is 15.5. The summed E-state index contributed by atoms with van der Waals surface area (Å²) in [5.41, 5.74) is 0.777. The van der Waals surface area contributed by atoms with Gasteiger partial charge in [0, 0.05) is 16.3 Å². The van der Waals surface area contributed by atoms with E-state index in [9.17, 15) is 8.42 Å². The van der Waals surface area contributed by atoms with Gasteiger partial charge in [0.25, 0.3) is 10.0 Å². The van der Waals surface area contributed by atoms with E-state index in [1.54, 1.807) is 30.3 Å². The van der Waals surface area contributed by atoms with Crippen LogP contribution in [0.5, 0.6) is 0 Å². The minimum Gasteiger partial charge on any atom is -0.383 e. The number of hydrogen-bond acceptors (Lipinski definition) is 4. The molecule has 8 heteroatoms. The van der Waals surface area contributed by atoms with Gasteiger partial charge >= 0.3 is 0 Å². The maximum Gasteiger partial charge on any atom is 0.281 e. The average Bonchev–Trinajstić information content (AvgIpc) is 2.43. The van der Waals surface area contributed by atoms with E-state index in [-0.39, 0.29) is 5.03 Å². The Balaban J connectivity index is 2.39. The second-order valence-corrected chi connectivity index (χ2v) is 7.37. The molecule has 2 rings (SSSR count). The van der Waals surface area contributed by atoms with E-state index >= 15 is 0 Å². The van der Waals surface area contributed by atoms with Crippen LogP contribution < -0.4 is 10.0 Å². The van der Waals surface area contributed by atoms with Crippen LogP contribution in [0.4, 0.5) is 11.4 Å². The van der Waals surface area contributed by atoms with Gasteiger partial charge in [0.1, 0.15) is 0 Å². The maximum atomic E-state index is 12.5. The van der Waals surface area contributed by atoms with Crippen molar-refractivity contribution in [3.63, 3.8) is 0 Å². The molecule has 0 spiro atoms. The van der Waals surface area contributed by atoms with Crippen molar-refractivity contribution in [2.24, 2.45) is 0 Å². The third kappa shape index (κ3) is 3.98. The van der Waals surface area contributed by atoms with E-state index in [1.165, 1.54) is 6.20 Å². The van der Waals surface area contributed by atoms with E-state index in [2.05, 4.69) is 37.6 Å². The van der Waals surface area contributed by atoms with E-state index in [0.717, 1.165) is 3.57 Å². The summed E-state index contributed by atoms with van der Waals surface area (Å²) in [6, 6.07) is 8.42. The lowest BCUT2D eigenvalue weighted by atomic mass is 10.3. The van der Waals surface area contributed by atoms with Gasteiger partial charge in [0.05, 0.1) is 16.4 Å². The molecule has 0 aliphatic heterocycles. The highest BCUT2D eigenvalue weighted by Gasteiger charge is 2.21. The Hall–Kier alpha value is -1.06. The van der Waals surface area contributed by atoms with Gasteiger partial charge in [-0.05, 0) is 59.8 Å². The first-order chi connectivity index (χ1) is 9.94. The van der Waals surface area contributed by atoms with Crippen LogP contribution in [0, 0.1) is 3.57 Å². The van der Waals surface area contributed by atoms with Gasteiger partial charge < -0.3 is 5.32 Å². The average molecular weight is 438 g/mol. The van der Waals surface area contributed by atoms with Crippen LogP contribution in [-0.4, -0.2) is 19.9 Å². The van der Waals surface area contributed by atoms with Crippen LogP contribution in [0.3, 0.4) is 0 Å². The molecule has 0 amide bonds. The van der Waals surface area contributed by atoms with Crippen LogP contribution in [0.1, 0.15) is 6.92 Å². The van der Waals surface area contributed by atoms with Gasteiger partial charge in [-0.3, -0.25) is 4.72 Å². The summed E-state index contributed by atoms with van der Waals surface area (Å²) in [5.74, 6) is 0. The molecule has 0 saturated carbocycles. The SMILES string of the molecule is CCNc1cccnc1S(=O)(=O)Nc1ccc(I)cc1Cl. The molecular formula is C13H13ClIN3O2S. The summed E-state index contributed by atoms with van der Waals surface area (Å²) >= 11 is 8.16. The summed E-state index contributed by atoms with van der Waals surface area (Å²) in [5, 5.41) is 3.26. The summed E-state index contributed by atoms with van der Waals surface area (Å²) in [6.07, 6.45) is 1.44. The number of benzene rings is 1. The first-order valence-electron chi connectivity index (χ1n) is 6.11. The quantitative estimate of drug-likeness (QED) is 0.702. The number of nitrogens with zero attached hydrogens (tertiary/aromatic N) is 1. The van der Waals surface area contributed by atoms with Crippen LogP contribution in [-0.2, 0) is 10.0 Å². The van der Waals surface area contributed by atoms with Gasteiger partial charge in [0.15, 0.2) is 5.03 Å². The lowest BCUT2D eigenvalue weighted by Gasteiger charge is -2.12. The predicted octanol–water partition coefficient (Wildman–Crippen LogP) is 3.57. The van der Waals surface area contributed by atoms with Gasteiger partial charge in [-0.1, -0.05) is 11.6 Å². The molecule has 1 aromatic carbocycles. The van der Waals surface area contributed by atoms with Gasteiger partial charge in [-0.15, -0.1) is 0 Å². The Bertz CT molecular complexity index is 753.